The van der Waals surface area contributed by atoms with Gasteiger partial charge in [0.25, 0.3) is 0 Å². The van der Waals surface area contributed by atoms with Crippen LogP contribution in [-0.2, 0) is 11.3 Å². The van der Waals surface area contributed by atoms with Crippen LogP contribution in [0.3, 0.4) is 0 Å². The summed E-state index contributed by atoms with van der Waals surface area (Å²) in [5.41, 5.74) is 3.26. The van der Waals surface area contributed by atoms with Crippen LogP contribution in [-0.4, -0.2) is 62.3 Å². The number of morpholine rings is 1. The molecule has 1 saturated heterocycles. The van der Waals surface area contributed by atoms with Crippen LogP contribution < -0.4 is 21.1 Å². The topological polar surface area (TPSA) is 84.1 Å². The van der Waals surface area contributed by atoms with Crippen molar-refractivity contribution in [3.63, 3.8) is 0 Å². The highest BCUT2D eigenvalue weighted by atomic mass is 19.4. The van der Waals surface area contributed by atoms with Crippen molar-refractivity contribution in [2.45, 2.75) is 31.7 Å². The number of aliphatic imine (C=N–C) groups is 1. The average molecular weight is 463 g/mol. The second-order valence-electron chi connectivity index (χ2n) is 7.43. The average Bonchev–Trinajstić information content (AvgIpc) is 2.74. The molecule has 0 spiro atoms. The van der Waals surface area contributed by atoms with E-state index in [2.05, 4.69) is 15.6 Å². The van der Waals surface area contributed by atoms with Gasteiger partial charge in [-0.05, 0) is 12.5 Å². The Morgan fingerprint density at radius 3 is 2.66 bits per heavy atom. The Kier molecular flexibility index (Phi) is 7.57. The van der Waals surface area contributed by atoms with Crippen molar-refractivity contribution in [2.75, 3.05) is 44.9 Å². The molecule has 12 heteroatoms. The number of hydrogen-bond donors (Lipinski definition) is 3. The van der Waals surface area contributed by atoms with Gasteiger partial charge < -0.3 is 25.8 Å². The van der Waals surface area contributed by atoms with E-state index >= 15 is 0 Å². The Bertz CT molecular complexity index is 871. The Labute approximate surface area is 182 Å². The molecule has 0 radical (unpaired) electrons. The third kappa shape index (κ3) is 5.67. The summed E-state index contributed by atoms with van der Waals surface area (Å²) in [6.07, 6.45) is -4.07. The lowest BCUT2D eigenvalue weighted by Crippen LogP contribution is -2.51. The van der Waals surface area contributed by atoms with Gasteiger partial charge in [0.2, 0.25) is 5.96 Å². The van der Waals surface area contributed by atoms with Crippen molar-refractivity contribution in [3.8, 4) is 5.75 Å². The number of benzene rings is 1. The van der Waals surface area contributed by atoms with Crippen molar-refractivity contribution in [2.24, 2.45) is 10.7 Å². The molecule has 178 valence electrons. The van der Waals surface area contributed by atoms with Crippen LogP contribution in [0.15, 0.2) is 28.9 Å². The number of hydrogen-bond acceptors (Lipinski definition) is 7. The summed E-state index contributed by atoms with van der Waals surface area (Å²) in [4.78, 5) is 5.96. The van der Waals surface area contributed by atoms with Crippen molar-refractivity contribution in [1.82, 2.24) is 10.2 Å². The van der Waals surface area contributed by atoms with Gasteiger partial charge in [-0.3, -0.25) is 4.90 Å². The SMILES string of the molecule is CCC1(N)N=C(Nc2cc(F)c(CN3CCOCC3)cc2OCCF)NC=C1C(F)(F)F. The van der Waals surface area contributed by atoms with Gasteiger partial charge >= 0.3 is 6.18 Å². The molecule has 0 bridgehead atoms. The zero-order valence-corrected chi connectivity index (χ0v) is 17.6. The molecule has 2 aliphatic heterocycles. The minimum atomic E-state index is -4.67. The number of anilines is 1. The van der Waals surface area contributed by atoms with Crippen LogP contribution in [0.2, 0.25) is 0 Å². The van der Waals surface area contributed by atoms with Gasteiger partial charge in [0.15, 0.2) is 0 Å². The van der Waals surface area contributed by atoms with E-state index in [4.69, 9.17) is 15.2 Å². The maximum Gasteiger partial charge on any atom is 0.417 e. The molecule has 0 aliphatic carbocycles. The van der Waals surface area contributed by atoms with Gasteiger partial charge in [-0.15, -0.1) is 0 Å². The monoisotopic (exact) mass is 463 g/mol. The lowest BCUT2D eigenvalue weighted by molar-refractivity contribution is -0.101. The highest BCUT2D eigenvalue weighted by Crippen LogP contribution is 2.37. The second-order valence-corrected chi connectivity index (χ2v) is 7.43. The standard InChI is InChI=1S/C20H26F5N5O2/c1-2-19(26)17(20(23,24)25)11-27-18(29-19)28-15-10-14(22)13(9-16(15)32-6-3-21)12-30-4-7-31-8-5-30/h9-11H,2-8,12,26H2,1H3,(H2,27,28,29). The fourth-order valence-electron chi connectivity index (χ4n) is 3.43. The Balaban J connectivity index is 1.85. The van der Waals surface area contributed by atoms with Gasteiger partial charge in [0.05, 0.1) is 24.5 Å². The fourth-order valence-corrected chi connectivity index (χ4v) is 3.43. The molecule has 1 aromatic rings. The minimum Gasteiger partial charge on any atom is -0.489 e. The smallest absolute Gasteiger partial charge is 0.417 e. The summed E-state index contributed by atoms with van der Waals surface area (Å²) in [6.45, 7) is 3.11. The number of halogens is 5. The molecule has 4 N–H and O–H groups in total. The molecule has 0 saturated carbocycles. The number of nitrogens with two attached hydrogens (primary N) is 1. The van der Waals surface area contributed by atoms with E-state index in [1.54, 1.807) is 0 Å². The van der Waals surface area contributed by atoms with E-state index < -0.39 is 29.9 Å². The second kappa shape index (κ2) is 10.0. The normalized spacial score (nSPS) is 22.1. The Hall–Kier alpha value is -2.44. The summed E-state index contributed by atoms with van der Waals surface area (Å²) in [5.74, 6) is -0.529. The van der Waals surface area contributed by atoms with Crippen LogP contribution in [0.4, 0.5) is 27.6 Å². The molecule has 3 rings (SSSR count). The zero-order chi connectivity index (χ0) is 23.4. The van der Waals surface area contributed by atoms with Gasteiger partial charge in [-0.2, -0.15) is 13.2 Å². The fraction of sp³-hybridized carbons (Fsp3) is 0.550. The van der Waals surface area contributed by atoms with Crippen LogP contribution in [0.1, 0.15) is 18.9 Å². The molecule has 1 atom stereocenters. The summed E-state index contributed by atoms with van der Waals surface area (Å²) in [5, 5.41) is 5.12. The number of ether oxygens (including phenoxy) is 2. The molecule has 0 aromatic heterocycles. The Morgan fingerprint density at radius 2 is 2.03 bits per heavy atom. The first-order valence-electron chi connectivity index (χ1n) is 10.2. The van der Waals surface area contributed by atoms with E-state index in [1.165, 1.54) is 13.0 Å². The van der Waals surface area contributed by atoms with Crippen molar-refractivity contribution in [3.05, 3.63) is 35.3 Å². The van der Waals surface area contributed by atoms with Crippen LogP contribution >= 0.6 is 0 Å². The third-order valence-electron chi connectivity index (χ3n) is 5.21. The number of guanidine groups is 1. The number of nitrogens with one attached hydrogen (secondary N) is 2. The molecule has 7 nitrogen and oxygen atoms in total. The molecule has 1 fully saturated rings. The third-order valence-corrected chi connectivity index (χ3v) is 5.21. The first kappa shape index (κ1) is 24.2. The van der Waals surface area contributed by atoms with Crippen LogP contribution in [0.25, 0.3) is 0 Å². The predicted molar refractivity (Wildman–Crippen MR) is 110 cm³/mol. The van der Waals surface area contributed by atoms with E-state index in [0.29, 0.717) is 38.4 Å². The van der Waals surface area contributed by atoms with Gasteiger partial charge in [-0.1, -0.05) is 6.92 Å². The van der Waals surface area contributed by atoms with Gasteiger partial charge in [0, 0.05) is 37.5 Å². The van der Waals surface area contributed by atoms with E-state index in [0.717, 1.165) is 12.3 Å². The molecule has 2 aliphatic rings. The summed E-state index contributed by atoms with van der Waals surface area (Å²) >= 11 is 0. The van der Waals surface area contributed by atoms with Crippen molar-refractivity contribution >= 4 is 11.6 Å². The molecule has 2 heterocycles. The highest BCUT2D eigenvalue weighted by Gasteiger charge is 2.47. The minimum absolute atomic E-state index is 0.0789. The van der Waals surface area contributed by atoms with Crippen molar-refractivity contribution in [1.29, 1.82) is 0 Å². The zero-order valence-electron chi connectivity index (χ0n) is 17.6. The van der Waals surface area contributed by atoms with E-state index in [9.17, 15) is 22.0 Å². The molecule has 32 heavy (non-hydrogen) atoms. The first-order chi connectivity index (χ1) is 15.2. The highest BCUT2D eigenvalue weighted by molar-refractivity contribution is 5.96. The maximum atomic E-state index is 14.8. The predicted octanol–water partition coefficient (Wildman–Crippen LogP) is 2.89. The largest absolute Gasteiger partial charge is 0.489 e. The lowest BCUT2D eigenvalue weighted by atomic mass is 9.97. The molecule has 1 aromatic carbocycles. The van der Waals surface area contributed by atoms with Crippen molar-refractivity contribution < 1.29 is 31.4 Å². The summed E-state index contributed by atoms with van der Waals surface area (Å²) in [7, 11) is 0. The first-order valence-corrected chi connectivity index (χ1v) is 10.2. The summed E-state index contributed by atoms with van der Waals surface area (Å²) < 4.78 is 78.1. The number of nitrogens with zero attached hydrogens (tertiary/aromatic N) is 2. The number of alkyl halides is 4. The van der Waals surface area contributed by atoms with Gasteiger partial charge in [-0.25, -0.2) is 13.8 Å². The molecule has 1 unspecified atom stereocenters. The molecular weight excluding hydrogens is 437 g/mol. The lowest BCUT2D eigenvalue weighted by Gasteiger charge is -2.33. The molecule has 0 amide bonds. The Morgan fingerprint density at radius 1 is 1.31 bits per heavy atom. The number of rotatable bonds is 7. The van der Waals surface area contributed by atoms with E-state index in [-0.39, 0.29) is 30.4 Å². The van der Waals surface area contributed by atoms with E-state index in [1.807, 2.05) is 4.90 Å². The maximum absolute atomic E-state index is 14.8. The summed E-state index contributed by atoms with van der Waals surface area (Å²) in [6, 6.07) is 2.58. The van der Waals surface area contributed by atoms with Crippen LogP contribution in [0.5, 0.6) is 5.75 Å². The van der Waals surface area contributed by atoms with Crippen LogP contribution in [0, 0.1) is 5.82 Å². The van der Waals surface area contributed by atoms with Gasteiger partial charge in [0.1, 0.15) is 30.5 Å². The quantitative estimate of drug-likeness (QED) is 0.540. The molecular formula is C20H26F5N5O2.